The molecule has 1 aromatic rings. The van der Waals surface area contributed by atoms with Crippen LogP contribution in [0.4, 0.5) is 4.79 Å². The van der Waals surface area contributed by atoms with Crippen molar-refractivity contribution in [3.63, 3.8) is 0 Å². The molecule has 1 N–H and O–H groups in total. The van der Waals surface area contributed by atoms with Gasteiger partial charge < -0.3 is 15.0 Å². The summed E-state index contributed by atoms with van der Waals surface area (Å²) in [6, 6.07) is 7.88. The fraction of sp³-hybridized carbons (Fsp3) is 0.550. The van der Waals surface area contributed by atoms with Crippen molar-refractivity contribution in [2.45, 2.75) is 45.1 Å². The van der Waals surface area contributed by atoms with Gasteiger partial charge in [0.1, 0.15) is 11.5 Å². The van der Waals surface area contributed by atoms with E-state index in [-0.39, 0.29) is 17.7 Å². The molecule has 0 aliphatic heterocycles. The van der Waals surface area contributed by atoms with E-state index in [1.54, 1.807) is 25.7 Å². The Morgan fingerprint density at radius 3 is 2.78 bits per heavy atom. The van der Waals surface area contributed by atoms with Gasteiger partial charge in [0.2, 0.25) is 5.91 Å². The monoisotopic (exact) mass is 391 g/mol. The number of hydrogen-bond acceptors (Lipinski definition) is 4. The van der Waals surface area contributed by atoms with Crippen molar-refractivity contribution < 1.29 is 14.3 Å². The molecule has 2 rings (SSSR count). The summed E-state index contributed by atoms with van der Waals surface area (Å²) in [7, 11) is 0. The number of nitriles is 1. The topological polar surface area (TPSA) is 82.4 Å². The number of carbonyl (C=O) groups is 2. The molecule has 6 nitrogen and oxygen atoms in total. The van der Waals surface area contributed by atoms with E-state index in [1.165, 1.54) is 11.1 Å². The number of ether oxygens (including phenoxy) is 1. The van der Waals surface area contributed by atoms with Crippen molar-refractivity contribution in [3.8, 4) is 6.07 Å². The molecule has 1 atom stereocenters. The minimum atomic E-state index is -0.564. The number of aryl methyl sites for hydroxylation is 1. The number of nitrogens with zero attached hydrogens (tertiary/aromatic N) is 2. The molecule has 0 saturated carbocycles. The second-order valence-corrected chi connectivity index (χ2v) is 7.93. The third-order valence-corrected chi connectivity index (χ3v) is 4.66. The first kappa shape index (κ1) is 21.0. The van der Waals surface area contributed by atoms with Gasteiger partial charge in [-0.2, -0.15) is 5.26 Å². The first-order valence-electron chi connectivity index (χ1n) is 9.07. The quantitative estimate of drug-likeness (QED) is 0.755. The standard InChI is InChI=1S/C20H26ClN3O3/c1-20(2,3)27-19(26)23-8-9-24(18(25)11-21)13-16-6-5-15-10-14(12-22)4-7-17(15)16/h4,7,10,16H,5-6,8-9,11,13H2,1-3H3,(H,23,26)/t16-/m1/s1. The highest BCUT2D eigenvalue weighted by Gasteiger charge is 2.26. The van der Waals surface area contributed by atoms with Gasteiger partial charge in [-0.15, -0.1) is 11.6 Å². The van der Waals surface area contributed by atoms with E-state index in [4.69, 9.17) is 21.6 Å². The van der Waals surface area contributed by atoms with E-state index in [1.807, 2.05) is 18.2 Å². The second kappa shape index (κ2) is 9.09. The van der Waals surface area contributed by atoms with Gasteiger partial charge in [0, 0.05) is 25.6 Å². The van der Waals surface area contributed by atoms with E-state index < -0.39 is 11.7 Å². The molecule has 0 fully saturated rings. The molecular weight excluding hydrogens is 366 g/mol. The van der Waals surface area contributed by atoms with Crippen LogP contribution in [0.25, 0.3) is 0 Å². The minimum absolute atomic E-state index is 0.0978. The molecule has 1 aliphatic rings. The highest BCUT2D eigenvalue weighted by atomic mass is 35.5. The molecule has 2 amide bonds. The maximum Gasteiger partial charge on any atom is 0.407 e. The molecule has 27 heavy (non-hydrogen) atoms. The van der Waals surface area contributed by atoms with Crippen molar-refractivity contribution in [1.29, 1.82) is 5.26 Å². The molecule has 146 valence electrons. The first-order valence-corrected chi connectivity index (χ1v) is 9.60. The molecule has 0 aromatic heterocycles. The third-order valence-electron chi connectivity index (χ3n) is 4.43. The Labute approximate surface area is 165 Å². The summed E-state index contributed by atoms with van der Waals surface area (Å²) in [4.78, 5) is 25.7. The lowest BCUT2D eigenvalue weighted by Gasteiger charge is -2.26. The Bertz CT molecular complexity index is 737. The molecule has 0 bridgehead atoms. The largest absolute Gasteiger partial charge is 0.444 e. The van der Waals surface area contributed by atoms with Gasteiger partial charge in [-0.25, -0.2) is 4.79 Å². The van der Waals surface area contributed by atoms with Crippen molar-refractivity contribution in [3.05, 3.63) is 34.9 Å². The lowest BCUT2D eigenvalue weighted by molar-refractivity contribution is -0.128. The van der Waals surface area contributed by atoms with Crippen LogP contribution in [0.15, 0.2) is 18.2 Å². The third kappa shape index (κ3) is 6.14. The van der Waals surface area contributed by atoms with Crippen molar-refractivity contribution in [2.75, 3.05) is 25.5 Å². The number of rotatable bonds is 6. The highest BCUT2D eigenvalue weighted by molar-refractivity contribution is 6.27. The summed E-state index contributed by atoms with van der Waals surface area (Å²) in [6.07, 6.45) is 1.32. The van der Waals surface area contributed by atoms with E-state index in [2.05, 4.69) is 11.4 Å². The number of halogens is 1. The van der Waals surface area contributed by atoms with Crippen LogP contribution in [0.3, 0.4) is 0 Å². The summed E-state index contributed by atoms with van der Waals surface area (Å²) < 4.78 is 5.20. The van der Waals surface area contributed by atoms with Crippen LogP contribution in [0.1, 0.15) is 49.8 Å². The van der Waals surface area contributed by atoms with E-state index >= 15 is 0 Å². The lowest BCUT2D eigenvalue weighted by atomic mass is 9.99. The Morgan fingerprint density at radius 2 is 2.15 bits per heavy atom. The van der Waals surface area contributed by atoms with Crippen LogP contribution in [-0.4, -0.2) is 48.0 Å². The normalized spacial score (nSPS) is 15.6. The fourth-order valence-corrected chi connectivity index (χ4v) is 3.41. The maximum atomic E-state index is 12.2. The Hall–Kier alpha value is -2.26. The predicted molar refractivity (Wildman–Crippen MR) is 104 cm³/mol. The number of amides is 2. The fourth-order valence-electron chi connectivity index (χ4n) is 3.24. The van der Waals surface area contributed by atoms with Crippen molar-refractivity contribution in [1.82, 2.24) is 10.2 Å². The van der Waals surface area contributed by atoms with Crippen LogP contribution >= 0.6 is 11.6 Å². The molecule has 1 aromatic carbocycles. The number of carbonyl (C=O) groups excluding carboxylic acids is 2. The number of fused-ring (bicyclic) bond motifs is 1. The number of nitrogens with one attached hydrogen (secondary N) is 1. The van der Waals surface area contributed by atoms with Gasteiger partial charge in [0.05, 0.1) is 11.6 Å². The zero-order chi connectivity index (χ0) is 20.0. The Balaban J connectivity index is 1.96. The summed E-state index contributed by atoms with van der Waals surface area (Å²) >= 11 is 5.76. The molecule has 1 aliphatic carbocycles. The van der Waals surface area contributed by atoms with Gasteiger partial charge in [-0.3, -0.25) is 4.79 Å². The lowest BCUT2D eigenvalue weighted by Crippen LogP contribution is -2.42. The zero-order valence-corrected chi connectivity index (χ0v) is 16.8. The smallest absolute Gasteiger partial charge is 0.407 e. The molecule has 0 unspecified atom stereocenters. The maximum absolute atomic E-state index is 12.2. The number of hydrogen-bond donors (Lipinski definition) is 1. The SMILES string of the molecule is CC(C)(C)OC(=O)NCCN(C[C@H]1CCc2cc(C#N)ccc21)C(=O)CCl. The molecule has 0 saturated heterocycles. The second-order valence-electron chi connectivity index (χ2n) is 7.66. The molecule has 0 radical (unpaired) electrons. The van der Waals surface area contributed by atoms with Crippen LogP contribution in [0.5, 0.6) is 0 Å². The summed E-state index contributed by atoms with van der Waals surface area (Å²) in [5, 5.41) is 11.7. The predicted octanol–water partition coefficient (Wildman–Crippen LogP) is 3.18. The number of benzene rings is 1. The summed E-state index contributed by atoms with van der Waals surface area (Å²) in [6.45, 7) is 6.60. The number of alkyl halides is 1. The van der Waals surface area contributed by atoms with Crippen LogP contribution in [0.2, 0.25) is 0 Å². The summed E-state index contributed by atoms with van der Waals surface area (Å²) in [5.41, 5.74) is 2.45. The van der Waals surface area contributed by atoms with Gasteiger partial charge in [-0.1, -0.05) is 6.07 Å². The summed E-state index contributed by atoms with van der Waals surface area (Å²) in [5.74, 6) is -0.0504. The molecule has 0 spiro atoms. The van der Waals surface area contributed by atoms with Gasteiger partial charge in [-0.05, 0) is 56.9 Å². The zero-order valence-electron chi connectivity index (χ0n) is 16.0. The van der Waals surface area contributed by atoms with Gasteiger partial charge >= 0.3 is 6.09 Å². The van der Waals surface area contributed by atoms with E-state index in [0.29, 0.717) is 25.2 Å². The van der Waals surface area contributed by atoms with E-state index in [9.17, 15) is 9.59 Å². The molecular formula is C20H26ClN3O3. The van der Waals surface area contributed by atoms with Crippen molar-refractivity contribution >= 4 is 23.6 Å². The van der Waals surface area contributed by atoms with Crippen LogP contribution in [-0.2, 0) is 16.0 Å². The molecule has 7 heteroatoms. The van der Waals surface area contributed by atoms with Gasteiger partial charge in [0.25, 0.3) is 0 Å². The van der Waals surface area contributed by atoms with Gasteiger partial charge in [0.15, 0.2) is 0 Å². The van der Waals surface area contributed by atoms with Crippen LogP contribution < -0.4 is 5.32 Å². The van der Waals surface area contributed by atoms with E-state index in [0.717, 1.165) is 12.8 Å². The van der Waals surface area contributed by atoms with Crippen LogP contribution in [0, 0.1) is 11.3 Å². The Kier molecular flexibility index (Phi) is 7.09. The average molecular weight is 392 g/mol. The molecule has 0 heterocycles. The van der Waals surface area contributed by atoms with Crippen molar-refractivity contribution in [2.24, 2.45) is 0 Å². The number of alkyl carbamates (subject to hydrolysis) is 1. The highest BCUT2D eigenvalue weighted by Crippen LogP contribution is 2.34. The Morgan fingerprint density at radius 1 is 1.41 bits per heavy atom. The minimum Gasteiger partial charge on any atom is -0.444 e. The first-order chi connectivity index (χ1) is 12.7. The average Bonchev–Trinajstić information content (AvgIpc) is 3.00.